The number of aromatic carboxylic acids is 1. The van der Waals surface area contributed by atoms with Crippen molar-refractivity contribution < 1.29 is 9.90 Å². The minimum atomic E-state index is -0.998. The van der Waals surface area contributed by atoms with Gasteiger partial charge < -0.3 is 5.11 Å². The van der Waals surface area contributed by atoms with E-state index in [1.807, 2.05) is 6.07 Å². The van der Waals surface area contributed by atoms with Gasteiger partial charge in [0.05, 0.1) is 11.8 Å². The molecule has 0 bridgehead atoms. The molecule has 6 nitrogen and oxygen atoms in total. The summed E-state index contributed by atoms with van der Waals surface area (Å²) in [6, 6.07) is 3.45. The van der Waals surface area contributed by atoms with Gasteiger partial charge in [-0.15, -0.1) is 0 Å². The van der Waals surface area contributed by atoms with E-state index < -0.39 is 5.97 Å². The van der Waals surface area contributed by atoms with Crippen molar-refractivity contribution in [1.29, 1.82) is 0 Å². The highest BCUT2D eigenvalue weighted by atomic mass is 16.4. The van der Waals surface area contributed by atoms with Gasteiger partial charge in [-0.3, -0.25) is 10.1 Å². The van der Waals surface area contributed by atoms with Crippen LogP contribution in [0.5, 0.6) is 0 Å². The van der Waals surface area contributed by atoms with Crippen molar-refractivity contribution in [2.45, 2.75) is 0 Å². The smallest absolute Gasteiger partial charge is 0.337 e. The molecule has 0 radical (unpaired) electrons. The van der Waals surface area contributed by atoms with E-state index in [1.54, 1.807) is 24.7 Å². The van der Waals surface area contributed by atoms with Crippen molar-refractivity contribution in [2.24, 2.45) is 0 Å². The summed E-state index contributed by atoms with van der Waals surface area (Å²) in [5, 5.41) is 16.4. The van der Waals surface area contributed by atoms with Gasteiger partial charge in [0, 0.05) is 35.1 Å². The third-order valence-electron chi connectivity index (χ3n) is 2.61. The number of carboxylic acids is 1. The molecule has 3 heterocycles. The Morgan fingerprint density at radius 3 is 2.78 bits per heavy atom. The molecule has 0 aliphatic rings. The normalized spacial score (nSPS) is 10.7. The summed E-state index contributed by atoms with van der Waals surface area (Å²) < 4.78 is 0. The molecular weight excluding hydrogens is 232 g/mol. The second-order valence-electron chi connectivity index (χ2n) is 3.80. The Kier molecular flexibility index (Phi) is 2.26. The lowest BCUT2D eigenvalue weighted by Crippen LogP contribution is -1.97. The molecule has 0 aliphatic heterocycles. The molecule has 0 saturated carbocycles. The first-order chi connectivity index (χ1) is 8.74. The van der Waals surface area contributed by atoms with Gasteiger partial charge in [0.2, 0.25) is 0 Å². The maximum atomic E-state index is 10.9. The summed E-state index contributed by atoms with van der Waals surface area (Å²) in [6.45, 7) is 0. The van der Waals surface area contributed by atoms with Crippen LogP contribution >= 0.6 is 0 Å². The van der Waals surface area contributed by atoms with Crippen LogP contribution < -0.4 is 0 Å². The van der Waals surface area contributed by atoms with Gasteiger partial charge in [0.15, 0.2) is 5.65 Å². The molecule has 3 rings (SSSR count). The average molecular weight is 240 g/mol. The number of H-pyrrole nitrogens is 1. The molecule has 88 valence electrons. The summed E-state index contributed by atoms with van der Waals surface area (Å²) in [5.41, 5.74) is 2.37. The molecule has 0 fully saturated rings. The number of aromatic nitrogens is 4. The quantitative estimate of drug-likeness (QED) is 0.711. The molecular formula is C12H8N4O2. The van der Waals surface area contributed by atoms with Crippen LogP contribution in [0.4, 0.5) is 0 Å². The highest BCUT2D eigenvalue weighted by Gasteiger charge is 2.07. The molecule has 0 aliphatic carbocycles. The summed E-state index contributed by atoms with van der Waals surface area (Å²) in [6.07, 6.45) is 6.24. The highest BCUT2D eigenvalue weighted by Crippen LogP contribution is 2.21. The molecule has 3 aromatic rings. The predicted molar refractivity (Wildman–Crippen MR) is 64.1 cm³/mol. The van der Waals surface area contributed by atoms with E-state index in [2.05, 4.69) is 20.2 Å². The minimum Gasteiger partial charge on any atom is -0.478 e. The predicted octanol–water partition coefficient (Wildman–Crippen LogP) is 1.72. The van der Waals surface area contributed by atoms with E-state index in [-0.39, 0.29) is 5.56 Å². The van der Waals surface area contributed by atoms with Crippen LogP contribution in [0.3, 0.4) is 0 Å². The molecule has 0 atom stereocenters. The maximum absolute atomic E-state index is 10.9. The topological polar surface area (TPSA) is 91.8 Å². The second-order valence-corrected chi connectivity index (χ2v) is 3.80. The number of aromatic amines is 1. The summed E-state index contributed by atoms with van der Waals surface area (Å²) in [7, 11) is 0. The Labute approximate surface area is 101 Å². The van der Waals surface area contributed by atoms with Crippen LogP contribution in [0.1, 0.15) is 10.4 Å². The molecule has 18 heavy (non-hydrogen) atoms. The molecule has 6 heteroatoms. The zero-order valence-corrected chi connectivity index (χ0v) is 9.16. The highest BCUT2D eigenvalue weighted by molar-refractivity contribution is 5.89. The number of nitrogens with zero attached hydrogens (tertiary/aromatic N) is 3. The Morgan fingerprint density at radius 2 is 1.94 bits per heavy atom. The van der Waals surface area contributed by atoms with Crippen molar-refractivity contribution in [3.63, 3.8) is 0 Å². The van der Waals surface area contributed by atoms with Crippen LogP contribution in [0.15, 0.2) is 36.9 Å². The molecule has 2 N–H and O–H groups in total. The number of nitrogens with one attached hydrogen (secondary N) is 1. The molecule has 3 aromatic heterocycles. The first kappa shape index (κ1) is 10.4. The van der Waals surface area contributed by atoms with Gasteiger partial charge in [-0.1, -0.05) is 0 Å². The van der Waals surface area contributed by atoms with Gasteiger partial charge in [0.1, 0.15) is 0 Å². The van der Waals surface area contributed by atoms with Gasteiger partial charge >= 0.3 is 5.97 Å². The number of pyridine rings is 2. The molecule has 0 amide bonds. The summed E-state index contributed by atoms with van der Waals surface area (Å²) in [5.74, 6) is -0.998. The summed E-state index contributed by atoms with van der Waals surface area (Å²) in [4.78, 5) is 19.0. The van der Waals surface area contributed by atoms with Gasteiger partial charge in [0.25, 0.3) is 0 Å². The van der Waals surface area contributed by atoms with E-state index in [0.29, 0.717) is 11.2 Å². The van der Waals surface area contributed by atoms with Crippen molar-refractivity contribution in [3.05, 3.63) is 42.5 Å². The van der Waals surface area contributed by atoms with Crippen molar-refractivity contribution in [3.8, 4) is 11.1 Å². The monoisotopic (exact) mass is 240 g/mol. The van der Waals surface area contributed by atoms with Gasteiger partial charge in [-0.2, -0.15) is 5.10 Å². The lowest BCUT2D eigenvalue weighted by Gasteiger charge is -2.01. The number of carboxylic acid groups (broad SMARTS) is 1. The third-order valence-corrected chi connectivity index (χ3v) is 2.61. The van der Waals surface area contributed by atoms with E-state index in [9.17, 15) is 4.79 Å². The maximum Gasteiger partial charge on any atom is 0.337 e. The first-order valence-corrected chi connectivity index (χ1v) is 5.22. The number of hydrogen-bond donors (Lipinski definition) is 2. The molecule has 0 saturated heterocycles. The zero-order valence-electron chi connectivity index (χ0n) is 9.16. The van der Waals surface area contributed by atoms with Gasteiger partial charge in [-0.05, 0) is 12.1 Å². The Hall–Kier alpha value is -2.76. The SMILES string of the molecule is O=C(O)c1cncc(-c2cnc3[nH]ncc3c2)c1. The first-order valence-electron chi connectivity index (χ1n) is 5.22. The fourth-order valence-electron chi connectivity index (χ4n) is 1.71. The average Bonchev–Trinajstić information content (AvgIpc) is 2.86. The van der Waals surface area contributed by atoms with Crippen LogP contribution in [0, 0.1) is 0 Å². The van der Waals surface area contributed by atoms with Crippen LogP contribution in [0.2, 0.25) is 0 Å². The number of carbonyl (C=O) groups is 1. The van der Waals surface area contributed by atoms with E-state index in [0.717, 1.165) is 10.9 Å². The second kappa shape index (κ2) is 3.92. The number of rotatable bonds is 2. The zero-order chi connectivity index (χ0) is 12.5. The lowest BCUT2D eigenvalue weighted by atomic mass is 10.1. The Bertz CT molecular complexity index is 736. The fourth-order valence-corrected chi connectivity index (χ4v) is 1.71. The van der Waals surface area contributed by atoms with E-state index in [1.165, 1.54) is 6.20 Å². The van der Waals surface area contributed by atoms with Gasteiger partial charge in [-0.25, -0.2) is 9.78 Å². The fraction of sp³-hybridized carbons (Fsp3) is 0. The lowest BCUT2D eigenvalue weighted by molar-refractivity contribution is 0.0696. The molecule has 0 aromatic carbocycles. The third kappa shape index (κ3) is 1.69. The number of hydrogen-bond acceptors (Lipinski definition) is 4. The Balaban J connectivity index is 2.13. The molecule has 0 spiro atoms. The van der Waals surface area contributed by atoms with E-state index >= 15 is 0 Å². The van der Waals surface area contributed by atoms with E-state index in [4.69, 9.17) is 5.11 Å². The van der Waals surface area contributed by atoms with Crippen LogP contribution in [-0.2, 0) is 0 Å². The van der Waals surface area contributed by atoms with Crippen LogP contribution in [-0.4, -0.2) is 31.2 Å². The minimum absolute atomic E-state index is 0.153. The largest absolute Gasteiger partial charge is 0.478 e. The van der Waals surface area contributed by atoms with Crippen molar-refractivity contribution in [2.75, 3.05) is 0 Å². The van der Waals surface area contributed by atoms with Crippen LogP contribution in [0.25, 0.3) is 22.2 Å². The molecule has 0 unspecified atom stereocenters. The van der Waals surface area contributed by atoms with Crippen molar-refractivity contribution >= 4 is 17.0 Å². The Morgan fingerprint density at radius 1 is 1.11 bits per heavy atom. The standard InChI is InChI=1S/C12H8N4O2/c17-12(18)10-2-7(3-13-4-10)8-1-9-6-15-16-11(9)14-5-8/h1-6H,(H,17,18)(H,14,15,16). The summed E-state index contributed by atoms with van der Waals surface area (Å²) >= 11 is 0. The number of fused-ring (bicyclic) bond motifs is 1. The van der Waals surface area contributed by atoms with Crippen molar-refractivity contribution in [1.82, 2.24) is 20.2 Å².